The molecule has 1 amide bonds. The van der Waals surface area contributed by atoms with E-state index in [4.69, 9.17) is 4.74 Å². The smallest absolute Gasteiger partial charge is 0.387 e. The lowest BCUT2D eigenvalue weighted by molar-refractivity contribution is -0.123. The van der Waals surface area contributed by atoms with Crippen molar-refractivity contribution in [2.75, 3.05) is 6.61 Å². The third kappa shape index (κ3) is 5.72. The standard InChI is InChI=1S/C20H23F2NO3/c1-13(2)16-9-8-14(3)10-18(16)25-12-19(24)23-11-15-6-4-5-7-17(15)26-20(21)22/h4-10,13,20H,11-12H2,1-3H3,(H,23,24). The number of benzene rings is 2. The fourth-order valence-electron chi connectivity index (χ4n) is 2.49. The molecule has 140 valence electrons. The Balaban J connectivity index is 1.94. The normalized spacial score (nSPS) is 10.9. The molecule has 4 nitrogen and oxygen atoms in total. The maximum atomic E-state index is 12.4. The van der Waals surface area contributed by atoms with Crippen molar-refractivity contribution in [1.29, 1.82) is 0 Å². The molecule has 0 aliphatic heterocycles. The Bertz CT molecular complexity index is 748. The molecule has 0 aliphatic rings. The molecule has 2 aromatic carbocycles. The Morgan fingerprint density at radius 1 is 1.12 bits per heavy atom. The van der Waals surface area contributed by atoms with E-state index in [0.29, 0.717) is 11.3 Å². The minimum absolute atomic E-state index is 0.0458. The van der Waals surface area contributed by atoms with Gasteiger partial charge in [-0.3, -0.25) is 4.79 Å². The van der Waals surface area contributed by atoms with Crippen LogP contribution in [0.3, 0.4) is 0 Å². The molecule has 2 aromatic rings. The van der Waals surface area contributed by atoms with Gasteiger partial charge in [0.2, 0.25) is 0 Å². The van der Waals surface area contributed by atoms with Crippen LogP contribution in [0.4, 0.5) is 8.78 Å². The molecule has 1 N–H and O–H groups in total. The Hall–Kier alpha value is -2.63. The van der Waals surface area contributed by atoms with Crippen LogP contribution in [0, 0.1) is 6.92 Å². The van der Waals surface area contributed by atoms with Gasteiger partial charge in [0.25, 0.3) is 5.91 Å². The lowest BCUT2D eigenvalue weighted by Gasteiger charge is -2.15. The molecule has 6 heteroatoms. The Morgan fingerprint density at radius 3 is 2.54 bits per heavy atom. The van der Waals surface area contributed by atoms with Crippen molar-refractivity contribution in [3.63, 3.8) is 0 Å². The summed E-state index contributed by atoms with van der Waals surface area (Å²) in [5.41, 5.74) is 2.54. The van der Waals surface area contributed by atoms with Crippen molar-refractivity contribution in [2.45, 2.75) is 39.8 Å². The minimum atomic E-state index is -2.91. The number of alkyl halides is 2. The lowest BCUT2D eigenvalue weighted by atomic mass is 10.0. The van der Waals surface area contributed by atoms with Crippen LogP contribution in [0.1, 0.15) is 36.5 Å². The number of hydrogen-bond acceptors (Lipinski definition) is 3. The van der Waals surface area contributed by atoms with Crippen molar-refractivity contribution in [3.8, 4) is 11.5 Å². The second-order valence-electron chi connectivity index (χ2n) is 6.25. The average Bonchev–Trinajstić information content (AvgIpc) is 2.58. The highest BCUT2D eigenvalue weighted by atomic mass is 19.3. The SMILES string of the molecule is Cc1ccc(C(C)C)c(OCC(=O)NCc2ccccc2OC(F)F)c1. The van der Waals surface area contributed by atoms with E-state index in [1.54, 1.807) is 18.2 Å². The summed E-state index contributed by atoms with van der Waals surface area (Å²) < 4.78 is 34.9. The van der Waals surface area contributed by atoms with E-state index in [1.165, 1.54) is 6.07 Å². The molecule has 0 radical (unpaired) electrons. The van der Waals surface area contributed by atoms with Crippen LogP contribution in [0.5, 0.6) is 11.5 Å². The van der Waals surface area contributed by atoms with E-state index in [0.717, 1.165) is 11.1 Å². The molecule has 2 rings (SSSR count). The van der Waals surface area contributed by atoms with Gasteiger partial charge in [-0.05, 0) is 36.1 Å². The molecule has 0 bridgehead atoms. The first kappa shape index (κ1) is 19.7. The number of carbonyl (C=O) groups is 1. The number of hydrogen-bond donors (Lipinski definition) is 1. The first-order valence-corrected chi connectivity index (χ1v) is 8.39. The molecule has 0 aromatic heterocycles. The monoisotopic (exact) mass is 363 g/mol. The highest BCUT2D eigenvalue weighted by molar-refractivity contribution is 5.77. The third-order valence-corrected chi connectivity index (χ3v) is 3.81. The summed E-state index contributed by atoms with van der Waals surface area (Å²) in [6, 6.07) is 12.2. The summed E-state index contributed by atoms with van der Waals surface area (Å²) in [6.07, 6.45) is 0. The molecule has 0 aliphatic carbocycles. The van der Waals surface area contributed by atoms with Crippen LogP contribution >= 0.6 is 0 Å². The highest BCUT2D eigenvalue weighted by Crippen LogP contribution is 2.27. The van der Waals surface area contributed by atoms with E-state index < -0.39 is 6.61 Å². The summed E-state index contributed by atoms with van der Waals surface area (Å²) in [7, 11) is 0. The number of aryl methyl sites for hydroxylation is 1. The summed E-state index contributed by atoms with van der Waals surface area (Å²) in [5.74, 6) is 0.654. The molecule has 0 spiro atoms. The zero-order valence-electron chi connectivity index (χ0n) is 15.1. The number of ether oxygens (including phenoxy) is 2. The van der Waals surface area contributed by atoms with Crippen LogP contribution in [-0.4, -0.2) is 19.1 Å². The van der Waals surface area contributed by atoms with Gasteiger partial charge in [0, 0.05) is 12.1 Å². The molecule has 0 saturated heterocycles. The Labute approximate surface area is 152 Å². The molecule has 0 unspecified atom stereocenters. The minimum Gasteiger partial charge on any atom is -0.483 e. The summed E-state index contributed by atoms with van der Waals surface area (Å²) in [6.45, 7) is 3.08. The molecule has 26 heavy (non-hydrogen) atoms. The van der Waals surface area contributed by atoms with Crippen molar-refractivity contribution >= 4 is 5.91 Å². The zero-order chi connectivity index (χ0) is 19.1. The third-order valence-electron chi connectivity index (χ3n) is 3.81. The van der Waals surface area contributed by atoms with E-state index in [2.05, 4.69) is 23.9 Å². The fourth-order valence-corrected chi connectivity index (χ4v) is 2.49. The van der Waals surface area contributed by atoms with Crippen LogP contribution in [0.15, 0.2) is 42.5 Å². The largest absolute Gasteiger partial charge is 0.483 e. The van der Waals surface area contributed by atoms with E-state index in [-0.39, 0.29) is 30.7 Å². The summed E-state index contributed by atoms with van der Waals surface area (Å²) >= 11 is 0. The molecular weight excluding hydrogens is 340 g/mol. The lowest BCUT2D eigenvalue weighted by Crippen LogP contribution is -2.28. The number of halogens is 2. The number of para-hydroxylation sites is 1. The first-order chi connectivity index (χ1) is 12.4. The van der Waals surface area contributed by atoms with Gasteiger partial charge in [0.05, 0.1) is 0 Å². The maximum Gasteiger partial charge on any atom is 0.387 e. The maximum absolute atomic E-state index is 12.4. The first-order valence-electron chi connectivity index (χ1n) is 8.39. The van der Waals surface area contributed by atoms with Gasteiger partial charge in [-0.15, -0.1) is 0 Å². The van der Waals surface area contributed by atoms with Gasteiger partial charge in [0.1, 0.15) is 11.5 Å². The van der Waals surface area contributed by atoms with E-state index >= 15 is 0 Å². The van der Waals surface area contributed by atoms with Crippen molar-refractivity contribution in [2.24, 2.45) is 0 Å². The highest BCUT2D eigenvalue weighted by Gasteiger charge is 2.12. The van der Waals surface area contributed by atoms with Crippen molar-refractivity contribution in [3.05, 3.63) is 59.2 Å². The number of nitrogens with one attached hydrogen (secondary N) is 1. The van der Waals surface area contributed by atoms with Gasteiger partial charge in [-0.1, -0.05) is 44.2 Å². The van der Waals surface area contributed by atoms with Crippen molar-refractivity contribution < 1.29 is 23.0 Å². The zero-order valence-corrected chi connectivity index (χ0v) is 15.1. The molecule has 0 heterocycles. The van der Waals surface area contributed by atoms with Gasteiger partial charge in [-0.2, -0.15) is 8.78 Å². The predicted molar refractivity (Wildman–Crippen MR) is 95.7 cm³/mol. The van der Waals surface area contributed by atoms with Crippen LogP contribution in [0.25, 0.3) is 0 Å². The second-order valence-corrected chi connectivity index (χ2v) is 6.25. The molecular formula is C20H23F2NO3. The van der Waals surface area contributed by atoms with Gasteiger partial charge < -0.3 is 14.8 Å². The molecule has 0 saturated carbocycles. The van der Waals surface area contributed by atoms with Crippen LogP contribution < -0.4 is 14.8 Å². The van der Waals surface area contributed by atoms with Crippen LogP contribution in [-0.2, 0) is 11.3 Å². The summed E-state index contributed by atoms with van der Waals surface area (Å²) in [4.78, 5) is 12.1. The predicted octanol–water partition coefficient (Wildman–Crippen LogP) is 4.42. The fraction of sp³-hybridized carbons (Fsp3) is 0.350. The van der Waals surface area contributed by atoms with Gasteiger partial charge in [-0.25, -0.2) is 0 Å². The Morgan fingerprint density at radius 2 is 1.85 bits per heavy atom. The molecule has 0 fully saturated rings. The summed E-state index contributed by atoms with van der Waals surface area (Å²) in [5, 5.41) is 2.66. The van der Waals surface area contributed by atoms with E-state index in [9.17, 15) is 13.6 Å². The van der Waals surface area contributed by atoms with Gasteiger partial charge >= 0.3 is 6.61 Å². The topological polar surface area (TPSA) is 47.6 Å². The average molecular weight is 363 g/mol. The van der Waals surface area contributed by atoms with E-state index in [1.807, 2.05) is 25.1 Å². The Kier molecular flexibility index (Phi) is 6.95. The van der Waals surface area contributed by atoms with Crippen LogP contribution in [0.2, 0.25) is 0 Å². The van der Waals surface area contributed by atoms with Crippen molar-refractivity contribution in [1.82, 2.24) is 5.32 Å². The van der Waals surface area contributed by atoms with Gasteiger partial charge in [0.15, 0.2) is 6.61 Å². The quantitative estimate of drug-likeness (QED) is 0.755. The number of carbonyl (C=O) groups excluding carboxylic acids is 1. The molecule has 0 atom stereocenters. The number of rotatable bonds is 8. The second kappa shape index (κ2) is 9.17. The number of amides is 1.